The first-order valence-electron chi connectivity index (χ1n) is 13.5. The fourth-order valence-electron chi connectivity index (χ4n) is 5.53. The molecule has 1 aliphatic heterocycles. The number of pyridine rings is 1. The summed E-state index contributed by atoms with van der Waals surface area (Å²) in [6.07, 6.45) is 7.66. The minimum absolute atomic E-state index is 0.0381. The Morgan fingerprint density at radius 3 is 2.47 bits per heavy atom. The van der Waals surface area contributed by atoms with Gasteiger partial charge in [0.05, 0.1) is 24.9 Å². The highest BCUT2D eigenvalue weighted by Gasteiger charge is 2.40. The summed E-state index contributed by atoms with van der Waals surface area (Å²) in [5, 5.41) is 0. The molecule has 2 aromatic rings. The highest BCUT2D eigenvalue weighted by molar-refractivity contribution is 5.94. The molecule has 1 aromatic carbocycles. The van der Waals surface area contributed by atoms with E-state index in [-0.39, 0.29) is 17.9 Å². The number of carbonyl (C=O) groups is 1. The number of carbonyl (C=O) groups excluding carboxylic acids is 1. The number of methoxy groups -OCH3 is 4. The fraction of sp³-hybridized carbons (Fsp3) is 0.600. The van der Waals surface area contributed by atoms with Crippen molar-refractivity contribution in [2.75, 3.05) is 68.0 Å². The summed E-state index contributed by atoms with van der Waals surface area (Å²) < 4.78 is 28.6. The number of benzene rings is 1. The molecule has 0 spiro atoms. The molecule has 0 N–H and O–H groups in total. The molecule has 0 bridgehead atoms. The van der Waals surface area contributed by atoms with Gasteiger partial charge in [0.15, 0.2) is 0 Å². The van der Waals surface area contributed by atoms with Crippen LogP contribution in [-0.4, -0.2) is 83.7 Å². The predicted octanol–water partition coefficient (Wildman–Crippen LogP) is 4.64. The van der Waals surface area contributed by atoms with Crippen LogP contribution in [0.5, 0.6) is 0 Å². The Balaban J connectivity index is 1.82. The lowest BCUT2D eigenvalue weighted by molar-refractivity contribution is -0.0889. The van der Waals surface area contributed by atoms with Gasteiger partial charge in [-0.1, -0.05) is 18.2 Å². The second kappa shape index (κ2) is 15.9. The standard InChI is InChI=1S/C30H44N2O6/c1-34-18-7-14-30(37-4,27-10-6-15-31-23-27)26(13-19-35-2)11-12-28(36-3)24-8-5-9-25(22-24)29(33)32-16-20-38-21-17-32/h5-6,8-10,15,22-23,26,28H,7,11-14,16-21H2,1-4H3. The Kier molecular flexibility index (Phi) is 12.6. The summed E-state index contributed by atoms with van der Waals surface area (Å²) in [4.78, 5) is 19.3. The summed E-state index contributed by atoms with van der Waals surface area (Å²) in [6, 6.07) is 11.9. The quantitative estimate of drug-likeness (QED) is 0.294. The molecule has 3 atom stereocenters. The maximum absolute atomic E-state index is 13.1. The average molecular weight is 529 g/mol. The van der Waals surface area contributed by atoms with Gasteiger partial charge in [-0.15, -0.1) is 0 Å². The van der Waals surface area contributed by atoms with Gasteiger partial charge < -0.3 is 28.6 Å². The van der Waals surface area contributed by atoms with Crippen LogP contribution in [0.2, 0.25) is 0 Å². The maximum Gasteiger partial charge on any atom is 0.254 e. The van der Waals surface area contributed by atoms with Crippen molar-refractivity contribution in [3.05, 3.63) is 65.5 Å². The van der Waals surface area contributed by atoms with Crippen LogP contribution in [0.1, 0.15) is 59.7 Å². The largest absolute Gasteiger partial charge is 0.385 e. The van der Waals surface area contributed by atoms with E-state index in [1.54, 1.807) is 34.6 Å². The Labute approximate surface area is 227 Å². The van der Waals surface area contributed by atoms with E-state index in [1.807, 2.05) is 41.4 Å². The number of aromatic nitrogens is 1. The predicted molar refractivity (Wildman–Crippen MR) is 146 cm³/mol. The maximum atomic E-state index is 13.1. The topological polar surface area (TPSA) is 79.3 Å². The molecule has 3 rings (SSSR count). The smallest absolute Gasteiger partial charge is 0.254 e. The monoisotopic (exact) mass is 528 g/mol. The van der Waals surface area contributed by atoms with Crippen molar-refractivity contribution in [1.82, 2.24) is 9.88 Å². The van der Waals surface area contributed by atoms with Crippen molar-refractivity contribution in [2.45, 2.75) is 43.8 Å². The number of nitrogens with zero attached hydrogens (tertiary/aromatic N) is 2. The van der Waals surface area contributed by atoms with Gasteiger partial charge in [-0.05, 0) is 61.8 Å². The lowest BCUT2D eigenvalue weighted by Gasteiger charge is -2.41. The summed E-state index contributed by atoms with van der Waals surface area (Å²) in [6.45, 7) is 3.69. The molecule has 1 fully saturated rings. The van der Waals surface area contributed by atoms with E-state index in [1.165, 1.54) is 0 Å². The first-order valence-corrected chi connectivity index (χ1v) is 13.5. The van der Waals surface area contributed by atoms with Gasteiger partial charge >= 0.3 is 0 Å². The summed E-state index contributed by atoms with van der Waals surface area (Å²) in [7, 11) is 6.97. The third-order valence-electron chi connectivity index (χ3n) is 7.61. The molecule has 8 heteroatoms. The molecule has 1 aromatic heterocycles. The molecule has 3 unspecified atom stereocenters. The van der Waals surface area contributed by atoms with Gasteiger partial charge in [-0.3, -0.25) is 9.78 Å². The fourth-order valence-corrected chi connectivity index (χ4v) is 5.53. The summed E-state index contributed by atoms with van der Waals surface area (Å²) in [5.41, 5.74) is 2.22. The van der Waals surface area contributed by atoms with E-state index < -0.39 is 5.60 Å². The zero-order valence-corrected chi connectivity index (χ0v) is 23.4. The summed E-state index contributed by atoms with van der Waals surface area (Å²) >= 11 is 0. The van der Waals surface area contributed by atoms with Crippen LogP contribution in [0.25, 0.3) is 0 Å². The van der Waals surface area contributed by atoms with Gasteiger partial charge in [-0.2, -0.15) is 0 Å². The lowest BCUT2D eigenvalue weighted by atomic mass is 9.74. The van der Waals surface area contributed by atoms with Gasteiger partial charge in [0.1, 0.15) is 0 Å². The van der Waals surface area contributed by atoms with E-state index in [4.69, 9.17) is 23.7 Å². The normalized spacial score (nSPS) is 17.1. The van der Waals surface area contributed by atoms with E-state index in [2.05, 4.69) is 11.1 Å². The third-order valence-corrected chi connectivity index (χ3v) is 7.61. The highest BCUT2D eigenvalue weighted by Crippen LogP contribution is 2.43. The minimum Gasteiger partial charge on any atom is -0.385 e. The van der Waals surface area contributed by atoms with Gasteiger partial charge in [0, 0.05) is 78.3 Å². The third kappa shape index (κ3) is 7.83. The molecule has 0 saturated carbocycles. The van der Waals surface area contributed by atoms with Gasteiger partial charge in [-0.25, -0.2) is 0 Å². The van der Waals surface area contributed by atoms with Gasteiger partial charge in [0.2, 0.25) is 0 Å². The molecule has 0 aliphatic carbocycles. The Bertz CT molecular complexity index is 953. The van der Waals surface area contributed by atoms with Crippen molar-refractivity contribution in [3.63, 3.8) is 0 Å². The number of morpholine rings is 1. The van der Waals surface area contributed by atoms with Crippen LogP contribution in [-0.2, 0) is 29.3 Å². The van der Waals surface area contributed by atoms with E-state index >= 15 is 0 Å². The molecular formula is C30H44N2O6. The molecule has 1 saturated heterocycles. The molecule has 0 radical (unpaired) electrons. The molecule has 38 heavy (non-hydrogen) atoms. The first-order chi connectivity index (χ1) is 18.6. The molecule has 1 amide bonds. The minimum atomic E-state index is -0.530. The van der Waals surface area contributed by atoms with Crippen molar-refractivity contribution >= 4 is 5.91 Å². The van der Waals surface area contributed by atoms with Crippen molar-refractivity contribution in [1.29, 1.82) is 0 Å². The van der Waals surface area contributed by atoms with Crippen molar-refractivity contribution < 1.29 is 28.5 Å². The van der Waals surface area contributed by atoms with E-state index in [0.29, 0.717) is 45.1 Å². The Morgan fingerprint density at radius 1 is 1.03 bits per heavy atom. The number of hydrogen-bond acceptors (Lipinski definition) is 7. The highest BCUT2D eigenvalue weighted by atomic mass is 16.5. The zero-order valence-electron chi connectivity index (χ0n) is 23.4. The Morgan fingerprint density at radius 2 is 1.82 bits per heavy atom. The number of amides is 1. The van der Waals surface area contributed by atoms with Crippen LogP contribution >= 0.6 is 0 Å². The molecule has 1 aliphatic rings. The van der Waals surface area contributed by atoms with Crippen LogP contribution in [0, 0.1) is 5.92 Å². The Hall–Kier alpha value is -2.36. The van der Waals surface area contributed by atoms with Crippen molar-refractivity contribution in [3.8, 4) is 0 Å². The lowest BCUT2D eigenvalue weighted by Crippen LogP contribution is -2.40. The first kappa shape index (κ1) is 30.2. The SMILES string of the molecule is COCCCC(OC)(c1cccnc1)C(CCOC)CCC(OC)c1cccc(C(=O)N2CCOCC2)c1. The average Bonchev–Trinajstić information content (AvgIpc) is 2.98. The summed E-state index contributed by atoms with van der Waals surface area (Å²) in [5.74, 6) is 0.195. The van der Waals surface area contributed by atoms with E-state index in [9.17, 15) is 4.79 Å². The molecule has 8 nitrogen and oxygen atoms in total. The van der Waals surface area contributed by atoms with Crippen LogP contribution in [0.15, 0.2) is 48.8 Å². The van der Waals surface area contributed by atoms with Gasteiger partial charge in [0.25, 0.3) is 5.91 Å². The number of hydrogen-bond donors (Lipinski definition) is 0. The van der Waals surface area contributed by atoms with Crippen molar-refractivity contribution in [2.24, 2.45) is 5.92 Å². The second-order valence-electron chi connectivity index (χ2n) is 9.74. The number of rotatable bonds is 16. The van der Waals surface area contributed by atoms with Crippen LogP contribution in [0.3, 0.4) is 0 Å². The van der Waals surface area contributed by atoms with Crippen LogP contribution < -0.4 is 0 Å². The number of ether oxygens (including phenoxy) is 5. The van der Waals surface area contributed by atoms with E-state index in [0.717, 1.165) is 43.2 Å². The van der Waals surface area contributed by atoms with Crippen LogP contribution in [0.4, 0.5) is 0 Å². The molecule has 2 heterocycles. The molecule has 210 valence electrons. The zero-order chi connectivity index (χ0) is 27.2. The molecular weight excluding hydrogens is 484 g/mol. The second-order valence-corrected chi connectivity index (χ2v) is 9.74.